The Morgan fingerprint density at radius 3 is 2.27 bits per heavy atom. The molecule has 1 saturated heterocycles. The lowest BCUT2D eigenvalue weighted by Crippen LogP contribution is -2.33. The van der Waals surface area contributed by atoms with Gasteiger partial charge in [0.05, 0.1) is 12.0 Å². The summed E-state index contributed by atoms with van der Waals surface area (Å²) in [5.41, 5.74) is 0. The van der Waals surface area contributed by atoms with E-state index in [0.717, 1.165) is 0 Å². The van der Waals surface area contributed by atoms with Gasteiger partial charge >= 0.3 is 5.92 Å². The zero-order chi connectivity index (χ0) is 8.65. The topological polar surface area (TPSA) is 29.5 Å². The molecule has 0 bridgehead atoms. The van der Waals surface area contributed by atoms with Crippen LogP contribution in [0.5, 0.6) is 0 Å². The molecule has 1 aliphatic heterocycles. The second-order valence-corrected chi connectivity index (χ2v) is 2.90. The second-order valence-electron chi connectivity index (χ2n) is 2.90. The number of aliphatic hydroxyl groups is 1. The summed E-state index contributed by atoms with van der Waals surface area (Å²) in [4.78, 5) is 0. The minimum Gasteiger partial charge on any atom is -0.363 e. The fourth-order valence-corrected chi connectivity index (χ4v) is 1.30. The molecule has 3 atom stereocenters. The highest BCUT2D eigenvalue weighted by atomic mass is 19.3. The van der Waals surface area contributed by atoms with Gasteiger partial charge in [0.25, 0.3) is 0 Å². The maximum absolute atomic E-state index is 12.8. The van der Waals surface area contributed by atoms with E-state index in [1.807, 2.05) is 0 Å². The third kappa shape index (κ3) is 1.25. The van der Waals surface area contributed by atoms with Crippen LogP contribution in [0.4, 0.5) is 8.78 Å². The maximum atomic E-state index is 12.8. The Kier molecular flexibility index (Phi) is 2.16. The van der Waals surface area contributed by atoms with Gasteiger partial charge in [-0.05, 0) is 6.42 Å². The van der Waals surface area contributed by atoms with Gasteiger partial charge in [-0.15, -0.1) is 0 Å². The minimum atomic E-state index is -3.08. The summed E-state index contributed by atoms with van der Waals surface area (Å²) >= 11 is 0. The van der Waals surface area contributed by atoms with Gasteiger partial charge in [-0.25, -0.2) is 8.78 Å². The summed E-state index contributed by atoms with van der Waals surface area (Å²) in [7, 11) is 0. The predicted molar refractivity (Wildman–Crippen MR) is 35.3 cm³/mol. The van der Waals surface area contributed by atoms with Crippen molar-refractivity contribution in [1.82, 2.24) is 0 Å². The van der Waals surface area contributed by atoms with Gasteiger partial charge < -0.3 is 9.84 Å². The predicted octanol–water partition coefficient (Wildman–Crippen LogP) is 1.39. The molecule has 1 aliphatic rings. The van der Waals surface area contributed by atoms with Crippen LogP contribution in [-0.2, 0) is 4.74 Å². The van der Waals surface area contributed by atoms with Crippen LogP contribution in [0.1, 0.15) is 20.3 Å². The van der Waals surface area contributed by atoms with Crippen LogP contribution in [0, 0.1) is 5.92 Å². The van der Waals surface area contributed by atoms with E-state index in [-0.39, 0.29) is 0 Å². The van der Waals surface area contributed by atoms with Crippen molar-refractivity contribution in [1.29, 1.82) is 0 Å². The highest BCUT2D eigenvalue weighted by Gasteiger charge is 2.55. The van der Waals surface area contributed by atoms with Gasteiger partial charge in [-0.1, -0.05) is 13.8 Å². The summed E-state index contributed by atoms with van der Waals surface area (Å²) < 4.78 is 30.2. The van der Waals surface area contributed by atoms with Crippen molar-refractivity contribution >= 4 is 0 Å². The molecule has 0 spiro atoms. The number of alkyl halides is 2. The van der Waals surface area contributed by atoms with E-state index in [4.69, 9.17) is 5.11 Å². The first-order valence-corrected chi connectivity index (χ1v) is 3.71. The third-order valence-corrected chi connectivity index (χ3v) is 2.20. The number of ether oxygens (including phenoxy) is 1. The molecule has 1 heterocycles. The fraction of sp³-hybridized carbons (Fsp3) is 1.00. The molecule has 0 unspecified atom stereocenters. The molecular weight excluding hydrogens is 154 g/mol. The molecule has 2 nitrogen and oxygen atoms in total. The summed E-state index contributed by atoms with van der Waals surface area (Å²) in [6, 6.07) is 0. The van der Waals surface area contributed by atoms with Gasteiger partial charge in [-0.3, -0.25) is 0 Å². The largest absolute Gasteiger partial charge is 0.363 e. The van der Waals surface area contributed by atoms with Gasteiger partial charge in [0.2, 0.25) is 6.29 Å². The van der Waals surface area contributed by atoms with E-state index < -0.39 is 24.2 Å². The van der Waals surface area contributed by atoms with Crippen LogP contribution < -0.4 is 0 Å². The molecule has 4 heteroatoms. The second kappa shape index (κ2) is 2.68. The van der Waals surface area contributed by atoms with Crippen molar-refractivity contribution in [2.24, 2.45) is 5.92 Å². The molecule has 0 amide bonds. The molecule has 1 N–H and O–H groups in total. The van der Waals surface area contributed by atoms with E-state index in [1.54, 1.807) is 6.92 Å². The first kappa shape index (κ1) is 8.87. The van der Waals surface area contributed by atoms with E-state index in [0.29, 0.717) is 6.42 Å². The van der Waals surface area contributed by atoms with Gasteiger partial charge in [-0.2, -0.15) is 0 Å². The standard InChI is InChI=1S/C7H12F2O2/c1-3-5-4(2)7(8,9)6(10)11-5/h4-6,10H,3H2,1-2H3/t4-,5-,6-/m1/s1. The molecule has 0 saturated carbocycles. The van der Waals surface area contributed by atoms with Gasteiger partial charge in [0.1, 0.15) is 0 Å². The molecule has 11 heavy (non-hydrogen) atoms. The number of aliphatic hydroxyl groups excluding tert-OH is 1. The number of hydrogen-bond acceptors (Lipinski definition) is 2. The lowest BCUT2D eigenvalue weighted by molar-refractivity contribution is -0.191. The number of rotatable bonds is 1. The minimum absolute atomic E-state index is 0.508. The Morgan fingerprint density at radius 2 is 2.09 bits per heavy atom. The highest BCUT2D eigenvalue weighted by Crippen LogP contribution is 2.40. The molecule has 0 aromatic carbocycles. The zero-order valence-electron chi connectivity index (χ0n) is 6.55. The summed E-state index contributed by atoms with van der Waals surface area (Å²) in [5.74, 6) is -3.97. The van der Waals surface area contributed by atoms with Crippen LogP contribution >= 0.6 is 0 Å². The van der Waals surface area contributed by atoms with E-state index in [2.05, 4.69) is 4.74 Å². The summed E-state index contributed by atoms with van der Waals surface area (Å²) in [5, 5.41) is 8.76. The average Bonchev–Trinajstić information content (AvgIpc) is 2.14. The van der Waals surface area contributed by atoms with Crippen molar-refractivity contribution in [2.45, 2.75) is 38.6 Å². The molecule has 1 fully saturated rings. The van der Waals surface area contributed by atoms with Crippen LogP contribution in [0.15, 0.2) is 0 Å². The van der Waals surface area contributed by atoms with Crippen LogP contribution in [0.2, 0.25) is 0 Å². The first-order valence-electron chi connectivity index (χ1n) is 3.71. The summed E-state index contributed by atoms with van der Waals surface area (Å²) in [6.45, 7) is 3.15. The summed E-state index contributed by atoms with van der Waals surface area (Å²) in [6.07, 6.45) is -1.92. The molecule has 0 aromatic heterocycles. The van der Waals surface area contributed by atoms with Crippen LogP contribution in [0.3, 0.4) is 0 Å². The molecule has 0 radical (unpaired) electrons. The highest BCUT2D eigenvalue weighted by molar-refractivity contribution is 4.88. The van der Waals surface area contributed by atoms with Crippen LogP contribution in [0.25, 0.3) is 0 Å². The number of hydrogen-bond donors (Lipinski definition) is 1. The SMILES string of the molecule is CC[C@H]1O[C@@H](O)C(F)(F)[C@@H]1C. The van der Waals surface area contributed by atoms with E-state index in [1.165, 1.54) is 6.92 Å². The van der Waals surface area contributed by atoms with Crippen molar-refractivity contribution in [3.8, 4) is 0 Å². The fourth-order valence-electron chi connectivity index (χ4n) is 1.30. The van der Waals surface area contributed by atoms with Gasteiger partial charge in [0.15, 0.2) is 0 Å². The Morgan fingerprint density at radius 1 is 1.55 bits per heavy atom. The van der Waals surface area contributed by atoms with E-state index >= 15 is 0 Å². The average molecular weight is 166 g/mol. The number of halogens is 2. The Labute approximate surface area is 64.2 Å². The lowest BCUT2D eigenvalue weighted by Gasteiger charge is -2.16. The molecular formula is C7H12F2O2. The van der Waals surface area contributed by atoms with Gasteiger partial charge in [0, 0.05) is 0 Å². The molecule has 1 rings (SSSR count). The normalized spacial score (nSPS) is 42.8. The molecule has 0 aliphatic carbocycles. The molecule has 0 aromatic rings. The van der Waals surface area contributed by atoms with Crippen molar-refractivity contribution in [2.75, 3.05) is 0 Å². The monoisotopic (exact) mass is 166 g/mol. The Hall–Kier alpha value is -0.220. The van der Waals surface area contributed by atoms with Crippen molar-refractivity contribution < 1.29 is 18.6 Å². The van der Waals surface area contributed by atoms with Crippen molar-refractivity contribution in [3.05, 3.63) is 0 Å². The van der Waals surface area contributed by atoms with E-state index in [9.17, 15) is 8.78 Å². The third-order valence-electron chi connectivity index (χ3n) is 2.20. The smallest absolute Gasteiger partial charge is 0.302 e. The first-order chi connectivity index (χ1) is 5.00. The lowest BCUT2D eigenvalue weighted by atomic mass is 9.98. The zero-order valence-corrected chi connectivity index (χ0v) is 6.55. The van der Waals surface area contributed by atoms with Crippen LogP contribution in [-0.4, -0.2) is 23.4 Å². The maximum Gasteiger partial charge on any atom is 0.302 e. The Bertz CT molecular complexity index is 149. The quantitative estimate of drug-likeness (QED) is 0.637. The molecule has 66 valence electrons. The van der Waals surface area contributed by atoms with Crippen molar-refractivity contribution in [3.63, 3.8) is 0 Å². The Balaban J connectivity index is 2.71.